The molecule has 0 aromatic heterocycles. The van der Waals surface area contributed by atoms with Gasteiger partial charge in [-0.25, -0.2) is 4.39 Å². The Kier molecular flexibility index (Phi) is 7.05. The molecule has 0 atom stereocenters. The average Bonchev–Trinajstić information content (AvgIpc) is 2.77. The van der Waals surface area contributed by atoms with E-state index in [1.54, 1.807) is 18.2 Å². The maximum absolute atomic E-state index is 14.2. The van der Waals surface area contributed by atoms with Gasteiger partial charge in [-0.05, 0) is 54.1 Å². The van der Waals surface area contributed by atoms with Gasteiger partial charge in [-0.15, -0.1) is 0 Å². The van der Waals surface area contributed by atoms with Crippen LogP contribution in [0.2, 0.25) is 0 Å². The minimum Gasteiger partial charge on any atom is -0.388 e. The van der Waals surface area contributed by atoms with Gasteiger partial charge < -0.3 is 14.7 Å². The lowest BCUT2D eigenvalue weighted by molar-refractivity contribution is -0.117. The first kappa shape index (κ1) is 20.6. The topological polar surface area (TPSA) is 66.8 Å². The first-order valence-corrected chi connectivity index (χ1v) is 9.33. The highest BCUT2D eigenvalue weighted by molar-refractivity contribution is 6.07. The molecule has 1 fully saturated rings. The summed E-state index contributed by atoms with van der Waals surface area (Å²) in [5.41, 5.74) is 2.34. The molecule has 1 heterocycles. The molecule has 1 saturated heterocycles. The fourth-order valence-corrected chi connectivity index (χ4v) is 2.94. The predicted octanol–water partition coefficient (Wildman–Crippen LogP) is 3.13. The second-order valence-electron chi connectivity index (χ2n) is 6.58. The first-order valence-electron chi connectivity index (χ1n) is 9.33. The monoisotopic (exact) mass is 395 g/mol. The number of nitrogens with zero attached hydrogens (tertiary/aromatic N) is 1. The largest absolute Gasteiger partial charge is 0.388 e. The lowest BCUT2D eigenvalue weighted by Gasteiger charge is -2.28. The number of benzene rings is 2. The third-order valence-corrected chi connectivity index (χ3v) is 4.58. The zero-order chi connectivity index (χ0) is 20.6. The van der Waals surface area contributed by atoms with Gasteiger partial charge in [-0.3, -0.25) is 9.59 Å². The van der Waals surface area contributed by atoms with Gasteiger partial charge in [-0.1, -0.05) is 18.2 Å². The molecular formula is C23H22FNO4. The van der Waals surface area contributed by atoms with Crippen LogP contribution >= 0.6 is 0 Å². The summed E-state index contributed by atoms with van der Waals surface area (Å²) < 4.78 is 19.6. The van der Waals surface area contributed by atoms with E-state index in [0.717, 1.165) is 18.8 Å². The van der Waals surface area contributed by atoms with E-state index in [1.165, 1.54) is 36.4 Å². The Bertz CT molecular complexity index is 928. The minimum atomic E-state index is -0.588. The second kappa shape index (κ2) is 9.91. The van der Waals surface area contributed by atoms with E-state index in [4.69, 9.17) is 9.84 Å². The van der Waals surface area contributed by atoms with Crippen LogP contribution in [0.3, 0.4) is 0 Å². The van der Waals surface area contributed by atoms with E-state index in [2.05, 4.69) is 4.90 Å². The molecule has 2 aromatic rings. The number of carbonyl (C=O) groups excluding carboxylic acids is 2. The smallest absolute Gasteiger partial charge is 0.185 e. The number of halogens is 1. The maximum atomic E-state index is 14.2. The van der Waals surface area contributed by atoms with Gasteiger partial charge in [0.1, 0.15) is 12.4 Å². The van der Waals surface area contributed by atoms with Crippen LogP contribution in [0.15, 0.2) is 54.6 Å². The Morgan fingerprint density at radius 3 is 2.41 bits per heavy atom. The molecule has 0 saturated carbocycles. The third-order valence-electron chi connectivity index (χ3n) is 4.58. The molecule has 1 aliphatic heterocycles. The van der Waals surface area contributed by atoms with Crippen molar-refractivity contribution in [2.75, 3.05) is 37.8 Å². The van der Waals surface area contributed by atoms with Crippen molar-refractivity contribution in [3.8, 4) is 0 Å². The number of carbonyl (C=O) groups is 2. The van der Waals surface area contributed by atoms with Gasteiger partial charge in [0.15, 0.2) is 11.6 Å². The van der Waals surface area contributed by atoms with E-state index in [-0.39, 0.29) is 11.3 Å². The Morgan fingerprint density at radius 1 is 1.03 bits per heavy atom. The van der Waals surface area contributed by atoms with Crippen molar-refractivity contribution in [1.29, 1.82) is 0 Å². The molecule has 0 amide bonds. The van der Waals surface area contributed by atoms with Crippen molar-refractivity contribution >= 4 is 29.4 Å². The van der Waals surface area contributed by atoms with Gasteiger partial charge in [0.05, 0.1) is 13.2 Å². The summed E-state index contributed by atoms with van der Waals surface area (Å²) in [5, 5.41) is 8.69. The lowest BCUT2D eigenvalue weighted by atomic mass is 10.1. The van der Waals surface area contributed by atoms with Crippen molar-refractivity contribution in [1.82, 2.24) is 0 Å². The molecule has 2 aromatic carbocycles. The number of hydrogen-bond donors (Lipinski definition) is 1. The zero-order valence-corrected chi connectivity index (χ0v) is 15.9. The molecule has 0 aliphatic carbocycles. The highest BCUT2D eigenvalue weighted by atomic mass is 19.1. The quantitative estimate of drug-likeness (QED) is 0.576. The number of hydrogen-bond acceptors (Lipinski definition) is 5. The molecular weight excluding hydrogens is 373 g/mol. The molecule has 0 unspecified atom stereocenters. The van der Waals surface area contributed by atoms with Crippen LogP contribution in [0.4, 0.5) is 10.1 Å². The van der Waals surface area contributed by atoms with Crippen LogP contribution in [0.1, 0.15) is 21.5 Å². The summed E-state index contributed by atoms with van der Waals surface area (Å²) >= 11 is 0. The Hall–Kier alpha value is -3.09. The van der Waals surface area contributed by atoms with Gasteiger partial charge in [0, 0.05) is 29.9 Å². The van der Waals surface area contributed by atoms with Crippen molar-refractivity contribution in [3.63, 3.8) is 0 Å². The number of aliphatic hydroxyl groups excluding tert-OH is 1. The maximum Gasteiger partial charge on any atom is 0.185 e. The average molecular weight is 395 g/mol. The summed E-state index contributed by atoms with van der Waals surface area (Å²) in [5.74, 6) is -1.18. The molecule has 150 valence electrons. The molecule has 1 aliphatic rings. The van der Waals surface area contributed by atoms with E-state index in [9.17, 15) is 14.0 Å². The zero-order valence-electron chi connectivity index (χ0n) is 15.9. The SMILES string of the molecule is O=C(/C=C/c1ccc(/C=C/C(=O)c2ccc(N3CCOCC3)cc2)c(F)c1)CO. The van der Waals surface area contributed by atoms with E-state index >= 15 is 0 Å². The highest BCUT2D eigenvalue weighted by Crippen LogP contribution is 2.18. The van der Waals surface area contributed by atoms with Crippen LogP contribution in [0.25, 0.3) is 12.2 Å². The summed E-state index contributed by atoms with van der Waals surface area (Å²) in [6, 6.07) is 11.8. The number of morpholine rings is 1. The molecule has 6 heteroatoms. The van der Waals surface area contributed by atoms with Crippen LogP contribution in [0.5, 0.6) is 0 Å². The number of allylic oxidation sites excluding steroid dienone is 1. The molecule has 29 heavy (non-hydrogen) atoms. The molecule has 0 spiro atoms. The highest BCUT2D eigenvalue weighted by Gasteiger charge is 2.11. The Morgan fingerprint density at radius 2 is 1.76 bits per heavy atom. The fourth-order valence-electron chi connectivity index (χ4n) is 2.94. The van der Waals surface area contributed by atoms with Crippen molar-refractivity contribution < 1.29 is 23.8 Å². The number of rotatable bonds is 7. The van der Waals surface area contributed by atoms with Crippen molar-refractivity contribution in [2.45, 2.75) is 0 Å². The molecule has 0 bridgehead atoms. The van der Waals surface area contributed by atoms with Gasteiger partial charge in [0.25, 0.3) is 0 Å². The van der Waals surface area contributed by atoms with Gasteiger partial charge >= 0.3 is 0 Å². The summed E-state index contributed by atoms with van der Waals surface area (Å²) in [6.07, 6.45) is 5.39. The summed E-state index contributed by atoms with van der Waals surface area (Å²) in [6.45, 7) is 2.45. The molecule has 3 rings (SSSR count). The number of aliphatic hydroxyl groups is 1. The number of ether oxygens (including phenoxy) is 1. The second-order valence-corrected chi connectivity index (χ2v) is 6.58. The van der Waals surface area contributed by atoms with E-state index < -0.39 is 18.2 Å². The Balaban J connectivity index is 1.65. The molecule has 0 radical (unpaired) electrons. The summed E-state index contributed by atoms with van der Waals surface area (Å²) in [7, 11) is 0. The van der Waals surface area contributed by atoms with Gasteiger partial charge in [-0.2, -0.15) is 0 Å². The Labute approximate surface area is 168 Å². The van der Waals surface area contributed by atoms with E-state index in [1.807, 2.05) is 12.1 Å². The van der Waals surface area contributed by atoms with Crippen LogP contribution in [0, 0.1) is 5.82 Å². The summed E-state index contributed by atoms with van der Waals surface area (Å²) in [4.78, 5) is 25.7. The fraction of sp³-hybridized carbons (Fsp3) is 0.217. The minimum absolute atomic E-state index is 0.213. The number of anilines is 1. The van der Waals surface area contributed by atoms with Crippen LogP contribution < -0.4 is 4.90 Å². The third kappa shape index (κ3) is 5.70. The van der Waals surface area contributed by atoms with E-state index in [0.29, 0.717) is 24.3 Å². The lowest BCUT2D eigenvalue weighted by Crippen LogP contribution is -2.36. The van der Waals surface area contributed by atoms with Crippen LogP contribution in [-0.4, -0.2) is 49.6 Å². The predicted molar refractivity (Wildman–Crippen MR) is 110 cm³/mol. The standard InChI is InChI=1S/C23H22FNO4/c24-22-15-17(2-9-21(27)16-26)1-3-18(22)6-10-23(28)19-4-7-20(8-5-19)25-11-13-29-14-12-25/h1-10,15,26H,11-14,16H2/b9-2+,10-6+. The normalized spacial score (nSPS) is 14.6. The van der Waals surface area contributed by atoms with Crippen LogP contribution in [-0.2, 0) is 9.53 Å². The van der Waals surface area contributed by atoms with Gasteiger partial charge in [0.2, 0.25) is 0 Å². The number of ketones is 2. The van der Waals surface area contributed by atoms with Crippen molar-refractivity contribution in [2.24, 2.45) is 0 Å². The molecule has 1 N–H and O–H groups in total. The first-order chi connectivity index (χ1) is 14.1. The van der Waals surface area contributed by atoms with Crippen molar-refractivity contribution in [3.05, 3.63) is 77.1 Å². The molecule has 5 nitrogen and oxygen atoms in total.